The summed E-state index contributed by atoms with van der Waals surface area (Å²) < 4.78 is 16.5. The molecule has 172 valence electrons. The number of phenols is 2. The zero-order valence-corrected chi connectivity index (χ0v) is 16.5. The predicted octanol–water partition coefficient (Wildman–Crippen LogP) is -1.05. The van der Waals surface area contributed by atoms with Crippen molar-refractivity contribution in [2.75, 3.05) is 6.61 Å². The zero-order chi connectivity index (χ0) is 23.2. The van der Waals surface area contributed by atoms with Gasteiger partial charge in [-0.05, 0) is 17.7 Å². The van der Waals surface area contributed by atoms with E-state index < -0.39 is 61.1 Å². The van der Waals surface area contributed by atoms with E-state index in [2.05, 4.69) is 0 Å². The average Bonchev–Trinajstić information content (AvgIpc) is 2.77. The second-order valence-corrected chi connectivity index (χ2v) is 7.57. The summed E-state index contributed by atoms with van der Waals surface area (Å²) >= 11 is 0. The minimum Gasteiger partial charge on any atom is -0.508 e. The van der Waals surface area contributed by atoms with Crippen LogP contribution in [-0.2, 0) is 4.74 Å². The molecule has 7 atom stereocenters. The van der Waals surface area contributed by atoms with Crippen molar-refractivity contribution in [3.63, 3.8) is 0 Å². The van der Waals surface area contributed by atoms with E-state index in [0.717, 1.165) is 6.07 Å². The summed E-state index contributed by atoms with van der Waals surface area (Å²) in [5.41, 5.74) is 0.128. The van der Waals surface area contributed by atoms with Gasteiger partial charge in [0.25, 0.3) is 0 Å². The third-order valence-electron chi connectivity index (χ3n) is 5.43. The van der Waals surface area contributed by atoms with Gasteiger partial charge in [-0.2, -0.15) is 0 Å². The molecule has 7 N–H and O–H groups in total. The fourth-order valence-electron chi connectivity index (χ4n) is 3.68. The van der Waals surface area contributed by atoms with Crippen molar-refractivity contribution < 1.29 is 54.8 Å². The molecule has 1 saturated heterocycles. The van der Waals surface area contributed by atoms with Gasteiger partial charge in [-0.3, -0.25) is 4.79 Å². The number of aliphatic hydroxyl groups is 5. The summed E-state index contributed by atoms with van der Waals surface area (Å²) in [4.78, 5) is 12.7. The highest BCUT2D eigenvalue weighted by molar-refractivity contribution is 6.05. The summed E-state index contributed by atoms with van der Waals surface area (Å²) in [5, 5.41) is 69.4. The lowest BCUT2D eigenvalue weighted by atomic mass is 9.93. The summed E-state index contributed by atoms with van der Waals surface area (Å²) in [5.74, 6) is -1.59. The number of benzene rings is 2. The van der Waals surface area contributed by atoms with E-state index in [4.69, 9.17) is 14.2 Å². The summed E-state index contributed by atoms with van der Waals surface area (Å²) in [7, 11) is 0. The normalized spacial score (nSPS) is 32.2. The molecule has 0 spiro atoms. The lowest BCUT2D eigenvalue weighted by molar-refractivity contribution is -0.277. The Labute approximate surface area is 181 Å². The SMILES string of the molecule is O=C1c2c(O)cc(O[C@@H]3O[C@H](CO)[C@@H](O)[C@H](O)[C@H]3O)cc2O[C@@H](c2ccc(O)cc2)[C@@H]1O. The monoisotopic (exact) mass is 450 g/mol. The third-order valence-corrected chi connectivity index (χ3v) is 5.43. The van der Waals surface area contributed by atoms with Gasteiger partial charge in [0.15, 0.2) is 12.2 Å². The van der Waals surface area contributed by atoms with Crippen LogP contribution in [0.25, 0.3) is 0 Å². The number of carbonyl (C=O) groups excluding carboxylic acids is 1. The Morgan fingerprint density at radius 2 is 1.62 bits per heavy atom. The Bertz CT molecular complexity index is 990. The van der Waals surface area contributed by atoms with Crippen LogP contribution in [0, 0.1) is 0 Å². The van der Waals surface area contributed by atoms with Gasteiger partial charge in [0, 0.05) is 12.1 Å². The largest absolute Gasteiger partial charge is 0.508 e. The Morgan fingerprint density at radius 1 is 0.938 bits per heavy atom. The molecule has 2 heterocycles. The van der Waals surface area contributed by atoms with Crippen LogP contribution in [0.2, 0.25) is 0 Å². The number of ketones is 1. The first-order chi connectivity index (χ1) is 15.2. The van der Waals surface area contributed by atoms with Crippen LogP contribution in [0.1, 0.15) is 22.0 Å². The molecule has 1 fully saturated rings. The first-order valence-corrected chi connectivity index (χ1v) is 9.73. The van der Waals surface area contributed by atoms with Crippen LogP contribution in [-0.4, -0.2) is 84.9 Å². The highest BCUT2D eigenvalue weighted by Gasteiger charge is 2.45. The molecule has 0 unspecified atom stereocenters. The molecule has 2 aliphatic rings. The Kier molecular flexibility index (Phi) is 5.95. The van der Waals surface area contributed by atoms with Gasteiger partial charge < -0.3 is 50.0 Å². The number of hydrogen-bond donors (Lipinski definition) is 7. The molecule has 0 saturated carbocycles. The van der Waals surface area contributed by atoms with E-state index in [9.17, 15) is 40.5 Å². The van der Waals surface area contributed by atoms with Crippen molar-refractivity contribution in [3.05, 3.63) is 47.5 Å². The molecule has 2 aromatic rings. The molecule has 0 aliphatic carbocycles. The second-order valence-electron chi connectivity index (χ2n) is 7.57. The number of aromatic hydroxyl groups is 2. The lowest BCUT2D eigenvalue weighted by Gasteiger charge is -2.39. The van der Waals surface area contributed by atoms with Crippen LogP contribution in [0.3, 0.4) is 0 Å². The van der Waals surface area contributed by atoms with Gasteiger partial charge in [-0.25, -0.2) is 0 Å². The van der Waals surface area contributed by atoms with E-state index in [-0.39, 0.29) is 22.8 Å². The van der Waals surface area contributed by atoms with E-state index in [1.807, 2.05) is 0 Å². The number of hydrogen-bond acceptors (Lipinski definition) is 11. The van der Waals surface area contributed by atoms with Crippen molar-refractivity contribution in [1.29, 1.82) is 0 Å². The molecule has 2 aliphatic heterocycles. The second kappa shape index (κ2) is 8.54. The Balaban J connectivity index is 1.63. The number of carbonyl (C=O) groups is 1. The fraction of sp³-hybridized carbons (Fsp3) is 0.381. The van der Waals surface area contributed by atoms with Crippen LogP contribution in [0.5, 0.6) is 23.0 Å². The molecule has 2 aromatic carbocycles. The van der Waals surface area contributed by atoms with Gasteiger partial charge in [0.1, 0.15) is 53.0 Å². The maximum Gasteiger partial charge on any atom is 0.229 e. The van der Waals surface area contributed by atoms with Crippen molar-refractivity contribution in [1.82, 2.24) is 0 Å². The molecule has 0 amide bonds. The van der Waals surface area contributed by atoms with Gasteiger partial charge in [0.05, 0.1) is 6.61 Å². The number of phenolic OH excluding ortho intramolecular Hbond substituents is 2. The quantitative estimate of drug-likeness (QED) is 0.301. The van der Waals surface area contributed by atoms with Crippen LogP contribution in [0.4, 0.5) is 0 Å². The van der Waals surface area contributed by atoms with Crippen molar-refractivity contribution in [3.8, 4) is 23.0 Å². The standard InChI is InChI=1S/C21H22O11/c22-7-13-15(25)17(27)19(29)21(32-13)30-10-5-11(24)14-12(6-10)31-20(18(28)16(14)26)8-1-3-9(23)4-2-8/h1-6,13,15,17-25,27-29H,7H2/t13-,15-,17+,18-,19-,20+,21-/m1/s1. The highest BCUT2D eigenvalue weighted by atomic mass is 16.7. The smallest absolute Gasteiger partial charge is 0.229 e. The maximum absolute atomic E-state index is 12.7. The van der Waals surface area contributed by atoms with Gasteiger partial charge in [-0.15, -0.1) is 0 Å². The molecule has 0 bridgehead atoms. The average molecular weight is 450 g/mol. The minimum absolute atomic E-state index is 0.0152. The number of ether oxygens (including phenoxy) is 3. The first kappa shape index (κ1) is 22.3. The Morgan fingerprint density at radius 3 is 2.28 bits per heavy atom. The first-order valence-electron chi connectivity index (χ1n) is 9.73. The summed E-state index contributed by atoms with van der Waals surface area (Å²) in [6.45, 7) is -0.649. The van der Waals surface area contributed by atoms with Crippen LogP contribution < -0.4 is 9.47 Å². The van der Waals surface area contributed by atoms with Crippen LogP contribution >= 0.6 is 0 Å². The molecule has 32 heavy (non-hydrogen) atoms. The van der Waals surface area contributed by atoms with E-state index in [1.54, 1.807) is 0 Å². The van der Waals surface area contributed by atoms with Crippen molar-refractivity contribution in [2.45, 2.75) is 42.9 Å². The van der Waals surface area contributed by atoms with Crippen molar-refractivity contribution >= 4 is 5.78 Å². The molecule has 0 radical (unpaired) electrons. The van der Waals surface area contributed by atoms with E-state index >= 15 is 0 Å². The van der Waals surface area contributed by atoms with Crippen molar-refractivity contribution in [2.24, 2.45) is 0 Å². The molecular weight excluding hydrogens is 428 g/mol. The third kappa shape index (κ3) is 3.86. The van der Waals surface area contributed by atoms with Crippen LogP contribution in [0.15, 0.2) is 36.4 Å². The highest BCUT2D eigenvalue weighted by Crippen LogP contribution is 2.42. The number of fused-ring (bicyclic) bond motifs is 1. The topological polar surface area (TPSA) is 186 Å². The Hall–Kier alpha value is -2.93. The summed E-state index contributed by atoms with van der Waals surface area (Å²) in [6, 6.07) is 7.93. The zero-order valence-electron chi connectivity index (χ0n) is 16.5. The molecule has 4 rings (SSSR count). The molecule has 11 heteroatoms. The molecular formula is C21H22O11. The molecule has 11 nitrogen and oxygen atoms in total. The maximum atomic E-state index is 12.7. The van der Waals surface area contributed by atoms with Gasteiger partial charge in [-0.1, -0.05) is 12.1 Å². The predicted molar refractivity (Wildman–Crippen MR) is 104 cm³/mol. The van der Waals surface area contributed by atoms with Gasteiger partial charge >= 0.3 is 0 Å². The fourth-order valence-corrected chi connectivity index (χ4v) is 3.68. The number of aliphatic hydroxyl groups excluding tert-OH is 5. The van der Waals surface area contributed by atoms with E-state index in [1.165, 1.54) is 30.3 Å². The number of Topliss-reactive ketones (excluding diaryl/α,β-unsaturated/α-hetero) is 1. The lowest BCUT2D eigenvalue weighted by Crippen LogP contribution is -2.60. The van der Waals surface area contributed by atoms with E-state index in [0.29, 0.717) is 5.56 Å². The summed E-state index contributed by atoms with van der Waals surface area (Å²) in [6.07, 6.45) is -10.4. The number of rotatable bonds is 4. The van der Waals surface area contributed by atoms with Gasteiger partial charge in [0.2, 0.25) is 12.1 Å². The minimum atomic E-state index is -1.68. The molecule has 0 aromatic heterocycles.